The van der Waals surface area contributed by atoms with Gasteiger partial charge in [0, 0.05) is 12.5 Å². The molecule has 0 spiro atoms. The first-order valence-electron chi connectivity index (χ1n) is 9.39. The van der Waals surface area contributed by atoms with Gasteiger partial charge in [-0.1, -0.05) is 23.6 Å². The number of fused-ring (bicyclic) bond motifs is 1. The molecule has 2 fully saturated rings. The van der Waals surface area contributed by atoms with Crippen LogP contribution in [0.15, 0.2) is 23.3 Å². The summed E-state index contributed by atoms with van der Waals surface area (Å²) in [6, 6.07) is 0. The van der Waals surface area contributed by atoms with Gasteiger partial charge in [0.15, 0.2) is 0 Å². The lowest BCUT2D eigenvalue weighted by molar-refractivity contribution is -0.143. The summed E-state index contributed by atoms with van der Waals surface area (Å²) in [6.07, 6.45) is 12.8. The molecular weight excluding hydrogens is 286 g/mol. The maximum Gasteiger partial charge on any atom is 0.311 e. The van der Waals surface area contributed by atoms with E-state index >= 15 is 0 Å². The zero-order chi connectivity index (χ0) is 16.2. The molecule has 0 saturated carbocycles. The number of esters is 1. The lowest BCUT2D eigenvalue weighted by Crippen LogP contribution is -2.38. The van der Waals surface area contributed by atoms with Gasteiger partial charge >= 0.3 is 5.97 Å². The summed E-state index contributed by atoms with van der Waals surface area (Å²) in [5.41, 5.74) is 2.84. The monoisotopic (exact) mass is 317 g/mol. The molecule has 0 unspecified atom stereocenters. The van der Waals surface area contributed by atoms with Crippen LogP contribution in [0.5, 0.6) is 0 Å². The molecular formula is C20H31NO2. The third kappa shape index (κ3) is 4.26. The number of carbonyl (C=O) groups excluding carboxylic acids is 1. The van der Waals surface area contributed by atoms with Gasteiger partial charge < -0.3 is 9.64 Å². The SMILES string of the molecule is C/C1=C\CC[C@H]2[C@H](/C=C(\C)CC1)OC(=O)[C@@H]2CN1CCCCC1. The third-order valence-corrected chi connectivity index (χ3v) is 5.75. The van der Waals surface area contributed by atoms with E-state index in [0.29, 0.717) is 5.92 Å². The Hall–Kier alpha value is -1.09. The number of piperidine rings is 1. The molecule has 0 amide bonds. The number of allylic oxidation sites excluding steroid dienone is 3. The van der Waals surface area contributed by atoms with Gasteiger partial charge in [-0.2, -0.15) is 0 Å². The molecule has 1 aliphatic carbocycles. The van der Waals surface area contributed by atoms with E-state index in [1.165, 1.54) is 30.4 Å². The summed E-state index contributed by atoms with van der Waals surface area (Å²) >= 11 is 0. The van der Waals surface area contributed by atoms with Crippen LogP contribution >= 0.6 is 0 Å². The van der Waals surface area contributed by atoms with Gasteiger partial charge in [0.25, 0.3) is 0 Å². The molecule has 23 heavy (non-hydrogen) atoms. The number of hydrogen-bond donors (Lipinski definition) is 0. The first-order chi connectivity index (χ1) is 11.1. The van der Waals surface area contributed by atoms with Crippen LogP contribution in [0.3, 0.4) is 0 Å². The summed E-state index contributed by atoms with van der Waals surface area (Å²) < 4.78 is 5.79. The summed E-state index contributed by atoms with van der Waals surface area (Å²) in [5, 5.41) is 0. The Morgan fingerprint density at radius 2 is 1.87 bits per heavy atom. The van der Waals surface area contributed by atoms with Crippen molar-refractivity contribution < 1.29 is 9.53 Å². The van der Waals surface area contributed by atoms with Crippen LogP contribution in [-0.2, 0) is 9.53 Å². The Balaban J connectivity index is 1.73. The van der Waals surface area contributed by atoms with Crippen LogP contribution < -0.4 is 0 Å². The topological polar surface area (TPSA) is 29.5 Å². The number of rotatable bonds is 2. The highest BCUT2D eigenvalue weighted by Crippen LogP contribution is 2.36. The fourth-order valence-electron chi connectivity index (χ4n) is 4.25. The predicted molar refractivity (Wildman–Crippen MR) is 93.1 cm³/mol. The van der Waals surface area contributed by atoms with E-state index < -0.39 is 0 Å². The van der Waals surface area contributed by atoms with Crippen molar-refractivity contribution in [3.63, 3.8) is 0 Å². The first-order valence-corrected chi connectivity index (χ1v) is 9.39. The third-order valence-electron chi connectivity index (χ3n) is 5.75. The highest BCUT2D eigenvalue weighted by molar-refractivity contribution is 5.76. The van der Waals surface area contributed by atoms with E-state index in [1.807, 2.05) is 0 Å². The summed E-state index contributed by atoms with van der Waals surface area (Å²) in [5.74, 6) is 0.450. The van der Waals surface area contributed by atoms with Crippen molar-refractivity contribution in [3.8, 4) is 0 Å². The van der Waals surface area contributed by atoms with E-state index in [2.05, 4.69) is 30.9 Å². The maximum absolute atomic E-state index is 12.5. The second kappa shape index (κ2) is 7.65. The molecule has 128 valence electrons. The number of ether oxygens (including phenoxy) is 1. The minimum atomic E-state index is 0.00379. The van der Waals surface area contributed by atoms with Crippen LogP contribution in [0.1, 0.15) is 58.8 Å². The first kappa shape index (κ1) is 16.8. The molecule has 0 aromatic rings. The summed E-state index contributed by atoms with van der Waals surface area (Å²) in [4.78, 5) is 15.0. The van der Waals surface area contributed by atoms with E-state index in [-0.39, 0.29) is 18.0 Å². The second-order valence-corrected chi connectivity index (χ2v) is 7.67. The second-order valence-electron chi connectivity index (χ2n) is 7.67. The largest absolute Gasteiger partial charge is 0.458 e. The normalized spacial score (nSPS) is 38.0. The smallest absolute Gasteiger partial charge is 0.311 e. The Morgan fingerprint density at radius 1 is 1.13 bits per heavy atom. The molecule has 0 aromatic carbocycles. The molecule has 3 atom stereocenters. The van der Waals surface area contributed by atoms with Crippen LogP contribution in [0.25, 0.3) is 0 Å². The van der Waals surface area contributed by atoms with Crippen molar-refractivity contribution in [2.75, 3.05) is 19.6 Å². The molecule has 2 heterocycles. The Labute approximate surface area is 140 Å². The van der Waals surface area contributed by atoms with Crippen molar-refractivity contribution in [1.29, 1.82) is 0 Å². The fourth-order valence-corrected chi connectivity index (χ4v) is 4.25. The van der Waals surface area contributed by atoms with Gasteiger partial charge in [-0.15, -0.1) is 0 Å². The Morgan fingerprint density at radius 3 is 2.65 bits per heavy atom. The van der Waals surface area contributed by atoms with Crippen LogP contribution in [0.4, 0.5) is 0 Å². The number of nitrogens with zero attached hydrogens (tertiary/aromatic N) is 1. The molecule has 0 bridgehead atoms. The Kier molecular flexibility index (Phi) is 5.58. The molecule has 3 nitrogen and oxygen atoms in total. The number of carbonyl (C=O) groups is 1. The van der Waals surface area contributed by atoms with Gasteiger partial charge in [-0.3, -0.25) is 4.79 Å². The van der Waals surface area contributed by atoms with Crippen molar-refractivity contribution in [3.05, 3.63) is 23.3 Å². The number of hydrogen-bond acceptors (Lipinski definition) is 3. The molecule has 2 aliphatic heterocycles. The predicted octanol–water partition coefficient (Wildman–Crippen LogP) is 4.10. The lowest BCUT2D eigenvalue weighted by Gasteiger charge is -2.30. The molecule has 0 radical (unpaired) electrons. The quantitative estimate of drug-likeness (QED) is 0.567. The maximum atomic E-state index is 12.5. The Bertz CT molecular complexity index is 488. The van der Waals surface area contributed by atoms with Crippen LogP contribution in [-0.4, -0.2) is 36.6 Å². The zero-order valence-corrected chi connectivity index (χ0v) is 14.7. The van der Waals surface area contributed by atoms with Gasteiger partial charge in [-0.05, 0) is 71.5 Å². The minimum Gasteiger partial charge on any atom is -0.458 e. The van der Waals surface area contributed by atoms with Crippen molar-refractivity contribution in [2.24, 2.45) is 11.8 Å². The van der Waals surface area contributed by atoms with Crippen LogP contribution in [0.2, 0.25) is 0 Å². The van der Waals surface area contributed by atoms with E-state index in [0.717, 1.165) is 45.3 Å². The van der Waals surface area contributed by atoms with Crippen LogP contribution in [0, 0.1) is 11.8 Å². The average Bonchev–Trinajstić information content (AvgIpc) is 2.82. The van der Waals surface area contributed by atoms with Gasteiger partial charge in [0.05, 0.1) is 5.92 Å². The fraction of sp³-hybridized carbons (Fsp3) is 0.750. The van der Waals surface area contributed by atoms with E-state index in [9.17, 15) is 4.79 Å². The molecule has 0 N–H and O–H groups in total. The summed E-state index contributed by atoms with van der Waals surface area (Å²) in [6.45, 7) is 7.60. The molecule has 3 rings (SSSR count). The van der Waals surface area contributed by atoms with Gasteiger partial charge in [-0.25, -0.2) is 0 Å². The summed E-state index contributed by atoms with van der Waals surface area (Å²) in [7, 11) is 0. The minimum absolute atomic E-state index is 0.00379. The highest BCUT2D eigenvalue weighted by atomic mass is 16.6. The molecule has 3 heteroatoms. The molecule has 3 aliphatic rings. The van der Waals surface area contributed by atoms with E-state index in [1.54, 1.807) is 0 Å². The molecule has 0 aromatic heterocycles. The highest BCUT2D eigenvalue weighted by Gasteiger charge is 2.43. The van der Waals surface area contributed by atoms with Crippen molar-refractivity contribution in [2.45, 2.75) is 64.9 Å². The standard InChI is InChI=1S/C20H31NO2/c1-15-7-6-8-17-18(14-21-11-4-3-5-12-21)20(22)23-19(17)13-16(2)10-9-15/h7,13,17-19H,3-6,8-12,14H2,1-2H3/b15-7+,16-13+/t17-,18-,19+/m1/s1. The van der Waals surface area contributed by atoms with Gasteiger partial charge in [0.2, 0.25) is 0 Å². The average molecular weight is 317 g/mol. The van der Waals surface area contributed by atoms with Crippen molar-refractivity contribution in [1.82, 2.24) is 4.90 Å². The lowest BCUT2D eigenvalue weighted by atomic mass is 9.84. The zero-order valence-electron chi connectivity index (χ0n) is 14.7. The number of likely N-dealkylation sites (tertiary alicyclic amines) is 1. The molecule has 2 saturated heterocycles. The van der Waals surface area contributed by atoms with Gasteiger partial charge in [0.1, 0.15) is 6.10 Å². The van der Waals surface area contributed by atoms with E-state index in [4.69, 9.17) is 4.74 Å². The van der Waals surface area contributed by atoms with Crippen molar-refractivity contribution >= 4 is 5.97 Å².